The van der Waals surface area contributed by atoms with Crippen LogP contribution < -0.4 is 5.32 Å². The molecule has 1 saturated carbocycles. The Morgan fingerprint density at radius 1 is 1.17 bits per heavy atom. The molecule has 1 atom stereocenters. The molecule has 1 heterocycles. The molecule has 0 amide bonds. The van der Waals surface area contributed by atoms with Crippen molar-refractivity contribution in [2.45, 2.75) is 50.5 Å². The number of likely N-dealkylation sites (N-methyl/N-ethyl adjacent to an activating group) is 1. The molecule has 2 rings (SSSR count). The lowest BCUT2D eigenvalue weighted by molar-refractivity contribution is 0.131. The van der Waals surface area contributed by atoms with Crippen LogP contribution in [0.15, 0.2) is 4.99 Å². The number of hydrogen-bond donors (Lipinski definition) is 1. The third-order valence-electron chi connectivity index (χ3n) is 5.69. The standard InChI is InChI=1S/C18H36N4O.HI/c1-19-17(22(4)13-16-9-12-23-14-16)20-15-18(21(2)3)10-7-5-6-8-11-18;/h16H,5-15H2,1-4H3,(H,19,20);1H. The molecule has 0 aromatic heterocycles. The third kappa shape index (κ3) is 6.02. The molecule has 2 aliphatic rings. The zero-order chi connectivity index (χ0) is 16.7. The molecule has 1 aliphatic carbocycles. The molecule has 2 fully saturated rings. The molecular weight excluding hydrogens is 415 g/mol. The lowest BCUT2D eigenvalue weighted by atomic mass is 9.88. The van der Waals surface area contributed by atoms with E-state index < -0.39 is 0 Å². The minimum Gasteiger partial charge on any atom is -0.381 e. The summed E-state index contributed by atoms with van der Waals surface area (Å²) < 4.78 is 5.49. The highest BCUT2D eigenvalue weighted by Gasteiger charge is 2.33. The summed E-state index contributed by atoms with van der Waals surface area (Å²) >= 11 is 0. The maximum atomic E-state index is 5.49. The number of guanidine groups is 1. The molecule has 6 heteroatoms. The van der Waals surface area contributed by atoms with Crippen molar-refractivity contribution in [3.8, 4) is 0 Å². The van der Waals surface area contributed by atoms with Gasteiger partial charge in [-0.2, -0.15) is 0 Å². The number of ether oxygens (including phenoxy) is 1. The van der Waals surface area contributed by atoms with Crippen LogP contribution in [-0.2, 0) is 4.74 Å². The molecule has 0 aromatic rings. The predicted octanol–water partition coefficient (Wildman–Crippen LogP) is 2.80. The highest BCUT2D eigenvalue weighted by atomic mass is 127. The smallest absolute Gasteiger partial charge is 0.193 e. The lowest BCUT2D eigenvalue weighted by Crippen LogP contribution is -2.54. The number of hydrogen-bond acceptors (Lipinski definition) is 3. The van der Waals surface area contributed by atoms with E-state index in [1.54, 1.807) is 0 Å². The zero-order valence-corrected chi connectivity index (χ0v) is 18.3. The Morgan fingerprint density at radius 3 is 2.33 bits per heavy atom. The van der Waals surface area contributed by atoms with Gasteiger partial charge in [-0.15, -0.1) is 24.0 Å². The van der Waals surface area contributed by atoms with Crippen LogP contribution in [0.5, 0.6) is 0 Å². The van der Waals surface area contributed by atoms with E-state index in [4.69, 9.17) is 4.74 Å². The van der Waals surface area contributed by atoms with Crippen molar-refractivity contribution < 1.29 is 4.74 Å². The summed E-state index contributed by atoms with van der Waals surface area (Å²) in [6.07, 6.45) is 9.18. The summed E-state index contributed by atoms with van der Waals surface area (Å²) in [6, 6.07) is 0. The minimum atomic E-state index is 0. The summed E-state index contributed by atoms with van der Waals surface area (Å²) in [6.45, 7) is 3.81. The van der Waals surface area contributed by atoms with E-state index >= 15 is 0 Å². The van der Waals surface area contributed by atoms with E-state index in [1.165, 1.54) is 44.9 Å². The Labute approximate surface area is 165 Å². The average molecular weight is 452 g/mol. The second-order valence-corrected chi connectivity index (χ2v) is 7.54. The first kappa shape index (κ1) is 22.0. The van der Waals surface area contributed by atoms with Crippen LogP contribution in [0.3, 0.4) is 0 Å². The maximum Gasteiger partial charge on any atom is 0.193 e. The third-order valence-corrected chi connectivity index (χ3v) is 5.69. The van der Waals surface area contributed by atoms with E-state index in [0.717, 1.165) is 32.3 Å². The number of aliphatic imine (C=N–C) groups is 1. The second kappa shape index (κ2) is 10.8. The van der Waals surface area contributed by atoms with Gasteiger partial charge in [0.05, 0.1) is 6.61 Å². The van der Waals surface area contributed by atoms with E-state index in [0.29, 0.717) is 5.92 Å². The monoisotopic (exact) mass is 452 g/mol. The van der Waals surface area contributed by atoms with Crippen molar-refractivity contribution in [2.75, 3.05) is 54.5 Å². The Bertz CT molecular complexity index is 375. The van der Waals surface area contributed by atoms with Crippen LogP contribution in [0.2, 0.25) is 0 Å². The van der Waals surface area contributed by atoms with Gasteiger partial charge in [-0.25, -0.2) is 0 Å². The summed E-state index contributed by atoms with van der Waals surface area (Å²) in [5.41, 5.74) is 0.268. The molecule has 0 aromatic carbocycles. The van der Waals surface area contributed by atoms with Gasteiger partial charge in [-0.05, 0) is 33.4 Å². The first-order valence-corrected chi connectivity index (χ1v) is 9.24. The normalized spacial score (nSPS) is 24.4. The van der Waals surface area contributed by atoms with Crippen LogP contribution in [0.25, 0.3) is 0 Å². The fraction of sp³-hybridized carbons (Fsp3) is 0.944. The van der Waals surface area contributed by atoms with Crippen LogP contribution in [-0.4, -0.2) is 75.8 Å². The highest BCUT2D eigenvalue weighted by Crippen LogP contribution is 2.30. The van der Waals surface area contributed by atoms with Gasteiger partial charge in [0.1, 0.15) is 0 Å². The minimum absolute atomic E-state index is 0. The Balaban J connectivity index is 0.00000288. The molecule has 1 unspecified atom stereocenters. The van der Waals surface area contributed by atoms with E-state index in [2.05, 4.69) is 41.3 Å². The quantitative estimate of drug-likeness (QED) is 0.302. The van der Waals surface area contributed by atoms with Gasteiger partial charge in [0, 0.05) is 45.2 Å². The van der Waals surface area contributed by atoms with Crippen LogP contribution in [0, 0.1) is 5.92 Å². The van der Waals surface area contributed by atoms with Gasteiger partial charge in [0.2, 0.25) is 0 Å². The van der Waals surface area contributed by atoms with Crippen LogP contribution in [0.1, 0.15) is 44.9 Å². The molecule has 0 radical (unpaired) electrons. The summed E-state index contributed by atoms with van der Waals surface area (Å²) in [5, 5.41) is 3.66. The van der Waals surface area contributed by atoms with Gasteiger partial charge in [0.25, 0.3) is 0 Å². The first-order chi connectivity index (χ1) is 11.1. The largest absolute Gasteiger partial charge is 0.381 e. The molecule has 5 nitrogen and oxygen atoms in total. The molecule has 1 N–H and O–H groups in total. The van der Waals surface area contributed by atoms with Gasteiger partial charge in [0.15, 0.2) is 5.96 Å². The van der Waals surface area contributed by atoms with E-state index in [-0.39, 0.29) is 29.5 Å². The van der Waals surface area contributed by atoms with E-state index in [9.17, 15) is 0 Å². The zero-order valence-electron chi connectivity index (χ0n) is 16.0. The van der Waals surface area contributed by atoms with Crippen molar-refractivity contribution in [3.63, 3.8) is 0 Å². The number of nitrogens with one attached hydrogen (secondary N) is 1. The van der Waals surface area contributed by atoms with Crippen molar-refractivity contribution >= 4 is 29.9 Å². The van der Waals surface area contributed by atoms with Crippen molar-refractivity contribution in [2.24, 2.45) is 10.9 Å². The second-order valence-electron chi connectivity index (χ2n) is 7.54. The summed E-state index contributed by atoms with van der Waals surface area (Å²) in [5.74, 6) is 1.65. The Kier molecular flexibility index (Phi) is 9.89. The van der Waals surface area contributed by atoms with Crippen molar-refractivity contribution in [1.29, 1.82) is 0 Å². The number of nitrogens with zero attached hydrogens (tertiary/aromatic N) is 3. The van der Waals surface area contributed by atoms with Gasteiger partial charge >= 0.3 is 0 Å². The van der Waals surface area contributed by atoms with Crippen LogP contribution in [0.4, 0.5) is 0 Å². The number of halogens is 1. The summed E-state index contributed by atoms with van der Waals surface area (Å²) in [4.78, 5) is 9.20. The molecule has 1 saturated heterocycles. The van der Waals surface area contributed by atoms with Gasteiger partial charge in [-0.1, -0.05) is 25.7 Å². The fourth-order valence-corrected chi connectivity index (χ4v) is 4.00. The highest BCUT2D eigenvalue weighted by molar-refractivity contribution is 14.0. The molecule has 0 bridgehead atoms. The van der Waals surface area contributed by atoms with Crippen molar-refractivity contribution in [1.82, 2.24) is 15.1 Å². The fourth-order valence-electron chi connectivity index (χ4n) is 4.00. The number of rotatable bonds is 5. The molecule has 142 valence electrons. The molecule has 0 spiro atoms. The predicted molar refractivity (Wildman–Crippen MR) is 112 cm³/mol. The van der Waals surface area contributed by atoms with Gasteiger partial charge < -0.3 is 19.9 Å². The van der Waals surface area contributed by atoms with E-state index in [1.807, 2.05) is 7.05 Å². The van der Waals surface area contributed by atoms with Crippen LogP contribution >= 0.6 is 24.0 Å². The van der Waals surface area contributed by atoms with Gasteiger partial charge in [-0.3, -0.25) is 4.99 Å². The first-order valence-electron chi connectivity index (χ1n) is 9.24. The average Bonchev–Trinajstić information content (AvgIpc) is 2.91. The topological polar surface area (TPSA) is 40.1 Å². The summed E-state index contributed by atoms with van der Waals surface area (Å²) in [7, 11) is 8.49. The molecular formula is C18H37IN4O. The Hall–Kier alpha value is -0.0800. The van der Waals surface area contributed by atoms with Crippen molar-refractivity contribution in [3.05, 3.63) is 0 Å². The Morgan fingerprint density at radius 2 is 1.83 bits per heavy atom. The maximum absolute atomic E-state index is 5.49. The SMILES string of the molecule is CN=C(NCC1(N(C)C)CCCCCC1)N(C)CC1CCOC1.I. The lowest BCUT2D eigenvalue weighted by Gasteiger charge is -2.40. The molecule has 24 heavy (non-hydrogen) atoms. The molecule has 1 aliphatic heterocycles.